The minimum absolute atomic E-state index is 0.0239. The first-order chi connectivity index (χ1) is 9.22. The highest BCUT2D eigenvalue weighted by molar-refractivity contribution is 7.14. The number of anilines is 1. The summed E-state index contributed by atoms with van der Waals surface area (Å²) < 4.78 is 0. The lowest BCUT2D eigenvalue weighted by molar-refractivity contribution is -0.913. The van der Waals surface area contributed by atoms with Gasteiger partial charge in [-0.2, -0.15) is 5.26 Å². The van der Waals surface area contributed by atoms with Crippen molar-refractivity contribution in [3.63, 3.8) is 0 Å². The highest BCUT2D eigenvalue weighted by Gasteiger charge is 2.26. The van der Waals surface area contributed by atoms with Gasteiger partial charge >= 0.3 is 0 Å². The van der Waals surface area contributed by atoms with Crippen molar-refractivity contribution in [2.75, 3.05) is 18.4 Å². The highest BCUT2D eigenvalue weighted by atomic mass is 32.1. The summed E-state index contributed by atoms with van der Waals surface area (Å²) in [6.07, 6.45) is 4.97. The van der Waals surface area contributed by atoms with Gasteiger partial charge < -0.3 is 10.2 Å². The third kappa shape index (κ3) is 3.55. The second kappa shape index (κ2) is 6.69. The fourth-order valence-corrected chi connectivity index (χ4v) is 3.26. The number of quaternary nitrogens is 1. The van der Waals surface area contributed by atoms with Crippen molar-refractivity contribution in [1.82, 2.24) is 0 Å². The van der Waals surface area contributed by atoms with Gasteiger partial charge in [0.25, 0.3) is 5.91 Å². The Kier molecular flexibility index (Phi) is 4.94. The molecule has 1 fully saturated rings. The number of nitrogens with zero attached hydrogens (tertiary/aromatic N) is 1. The fraction of sp³-hybridized carbons (Fsp3) is 0.571. The molecule has 0 spiro atoms. The van der Waals surface area contributed by atoms with Gasteiger partial charge in [-0.1, -0.05) is 0 Å². The van der Waals surface area contributed by atoms with Gasteiger partial charge in [-0.25, -0.2) is 0 Å². The van der Waals surface area contributed by atoms with Crippen molar-refractivity contribution < 1.29 is 9.69 Å². The number of carbonyl (C=O) groups excluding carboxylic acids is 1. The Morgan fingerprint density at radius 3 is 2.74 bits per heavy atom. The van der Waals surface area contributed by atoms with Crippen LogP contribution < -0.4 is 10.2 Å². The van der Waals surface area contributed by atoms with Crippen molar-refractivity contribution in [2.45, 2.75) is 38.6 Å². The molecule has 1 aliphatic heterocycles. The largest absolute Gasteiger partial charge is 0.325 e. The maximum absolute atomic E-state index is 12.3. The Morgan fingerprint density at radius 1 is 1.42 bits per heavy atom. The van der Waals surface area contributed by atoms with Gasteiger partial charge in [0.15, 0.2) is 6.04 Å². The molecule has 1 aromatic heterocycles. The van der Waals surface area contributed by atoms with E-state index in [4.69, 9.17) is 5.26 Å². The van der Waals surface area contributed by atoms with Gasteiger partial charge in [0.2, 0.25) is 0 Å². The molecule has 0 unspecified atom stereocenters. The van der Waals surface area contributed by atoms with E-state index >= 15 is 0 Å². The SMILES string of the molecule is C[C@H](C(=O)Nc1sccc1C#N)[NH+]1CCCCCC1. The first kappa shape index (κ1) is 14.0. The summed E-state index contributed by atoms with van der Waals surface area (Å²) in [5, 5.41) is 14.3. The number of likely N-dealkylation sites (tertiary alicyclic amines) is 1. The summed E-state index contributed by atoms with van der Waals surface area (Å²) in [5.41, 5.74) is 0.552. The molecule has 4 nitrogen and oxygen atoms in total. The Bertz CT molecular complexity index is 469. The Hall–Kier alpha value is -1.38. The van der Waals surface area contributed by atoms with Crippen molar-refractivity contribution >= 4 is 22.2 Å². The molecule has 1 saturated heterocycles. The molecular formula is C14H20N3OS+. The number of carbonyl (C=O) groups is 1. The van der Waals surface area contributed by atoms with Crippen LogP contribution in [-0.2, 0) is 4.79 Å². The number of hydrogen-bond donors (Lipinski definition) is 2. The Balaban J connectivity index is 1.97. The van der Waals surface area contributed by atoms with E-state index in [0.717, 1.165) is 13.1 Å². The molecule has 2 N–H and O–H groups in total. The summed E-state index contributed by atoms with van der Waals surface area (Å²) in [6.45, 7) is 4.13. The summed E-state index contributed by atoms with van der Waals surface area (Å²) in [4.78, 5) is 13.6. The minimum Gasteiger partial charge on any atom is -0.325 e. The van der Waals surface area contributed by atoms with E-state index in [9.17, 15) is 4.79 Å². The van der Waals surface area contributed by atoms with Crippen LogP contribution in [0.15, 0.2) is 11.4 Å². The van der Waals surface area contributed by atoms with Crippen LogP contribution in [0.1, 0.15) is 38.2 Å². The smallest absolute Gasteiger partial charge is 0.283 e. The lowest BCUT2D eigenvalue weighted by Crippen LogP contribution is -3.16. The van der Waals surface area contributed by atoms with E-state index in [-0.39, 0.29) is 11.9 Å². The maximum Gasteiger partial charge on any atom is 0.283 e. The highest BCUT2D eigenvalue weighted by Crippen LogP contribution is 2.22. The van der Waals surface area contributed by atoms with E-state index in [1.165, 1.54) is 41.9 Å². The molecule has 0 radical (unpaired) electrons. The fourth-order valence-electron chi connectivity index (χ4n) is 2.52. The summed E-state index contributed by atoms with van der Waals surface area (Å²) >= 11 is 1.41. The summed E-state index contributed by atoms with van der Waals surface area (Å²) in [5.74, 6) is 0.0239. The molecule has 5 heteroatoms. The van der Waals surface area contributed by atoms with Crippen molar-refractivity contribution in [1.29, 1.82) is 5.26 Å². The molecule has 2 rings (SSSR count). The van der Waals surface area contributed by atoms with Crippen LogP contribution >= 0.6 is 11.3 Å². The Morgan fingerprint density at radius 2 is 2.11 bits per heavy atom. The standard InChI is InChI=1S/C14H19N3OS/c1-11(17-7-4-2-3-5-8-17)13(18)16-14-12(10-15)6-9-19-14/h6,9,11H,2-5,7-8H2,1H3,(H,16,18)/p+1/t11-/m1/s1. The predicted molar refractivity (Wildman–Crippen MR) is 76.3 cm³/mol. The van der Waals surface area contributed by atoms with Crippen LogP contribution in [0.3, 0.4) is 0 Å². The zero-order chi connectivity index (χ0) is 13.7. The van der Waals surface area contributed by atoms with E-state index in [1.54, 1.807) is 6.07 Å². The molecule has 0 saturated carbocycles. The molecule has 1 amide bonds. The van der Waals surface area contributed by atoms with Crippen LogP contribution in [0.5, 0.6) is 0 Å². The van der Waals surface area contributed by atoms with Gasteiger partial charge in [-0.05, 0) is 44.1 Å². The van der Waals surface area contributed by atoms with Gasteiger partial charge in [0.05, 0.1) is 18.7 Å². The number of nitrogens with one attached hydrogen (secondary N) is 2. The molecule has 0 aliphatic carbocycles. The Labute approximate surface area is 118 Å². The van der Waals surface area contributed by atoms with Gasteiger partial charge in [0, 0.05) is 0 Å². The third-order valence-corrected chi connectivity index (χ3v) is 4.60. The molecule has 102 valence electrons. The third-order valence-electron chi connectivity index (χ3n) is 3.77. The molecule has 0 bridgehead atoms. The first-order valence-corrected chi connectivity index (χ1v) is 7.73. The maximum atomic E-state index is 12.3. The van der Waals surface area contributed by atoms with Crippen LogP contribution in [0, 0.1) is 11.3 Å². The molecule has 2 heterocycles. The molecule has 19 heavy (non-hydrogen) atoms. The number of hydrogen-bond acceptors (Lipinski definition) is 3. The normalized spacial score (nSPS) is 18.3. The van der Waals surface area contributed by atoms with Gasteiger partial charge in [-0.15, -0.1) is 11.3 Å². The van der Waals surface area contributed by atoms with E-state index in [2.05, 4.69) is 11.4 Å². The van der Waals surface area contributed by atoms with E-state index < -0.39 is 0 Å². The monoisotopic (exact) mass is 278 g/mol. The summed E-state index contributed by atoms with van der Waals surface area (Å²) in [6, 6.07) is 3.79. The molecular weight excluding hydrogens is 258 g/mol. The second-order valence-corrected chi connectivity index (χ2v) is 5.97. The average Bonchev–Trinajstić information content (AvgIpc) is 2.69. The van der Waals surface area contributed by atoms with Crippen LogP contribution in [-0.4, -0.2) is 25.0 Å². The van der Waals surface area contributed by atoms with Crippen LogP contribution in [0.25, 0.3) is 0 Å². The van der Waals surface area contributed by atoms with Crippen molar-refractivity contribution in [3.05, 3.63) is 17.0 Å². The number of amides is 1. The van der Waals surface area contributed by atoms with Gasteiger partial charge in [-0.3, -0.25) is 4.79 Å². The van der Waals surface area contributed by atoms with Crippen molar-refractivity contribution in [3.8, 4) is 6.07 Å². The average molecular weight is 278 g/mol. The lowest BCUT2D eigenvalue weighted by atomic mass is 10.2. The van der Waals surface area contributed by atoms with Gasteiger partial charge in [0.1, 0.15) is 11.1 Å². The number of rotatable bonds is 3. The zero-order valence-corrected chi connectivity index (χ0v) is 12.1. The van der Waals surface area contributed by atoms with Crippen LogP contribution in [0.2, 0.25) is 0 Å². The van der Waals surface area contributed by atoms with E-state index in [1.807, 2.05) is 12.3 Å². The quantitative estimate of drug-likeness (QED) is 0.878. The molecule has 1 atom stereocenters. The van der Waals surface area contributed by atoms with Crippen LogP contribution in [0.4, 0.5) is 5.00 Å². The van der Waals surface area contributed by atoms with E-state index in [0.29, 0.717) is 10.6 Å². The minimum atomic E-state index is -0.0493. The zero-order valence-electron chi connectivity index (χ0n) is 11.2. The number of thiophene rings is 1. The molecule has 1 aliphatic rings. The topological polar surface area (TPSA) is 57.3 Å². The summed E-state index contributed by atoms with van der Waals surface area (Å²) in [7, 11) is 0. The molecule has 1 aromatic rings. The van der Waals surface area contributed by atoms with Crippen molar-refractivity contribution in [2.24, 2.45) is 0 Å². The second-order valence-electron chi connectivity index (χ2n) is 5.06. The first-order valence-electron chi connectivity index (χ1n) is 6.85. The predicted octanol–water partition coefficient (Wildman–Crippen LogP) is 1.41. The molecule has 0 aromatic carbocycles. The number of nitriles is 1. The lowest BCUT2D eigenvalue weighted by Gasteiger charge is -2.23.